The zero-order valence-electron chi connectivity index (χ0n) is 12.8. The van der Waals surface area contributed by atoms with Crippen molar-refractivity contribution in [3.8, 4) is 5.75 Å². The third kappa shape index (κ3) is 3.99. The van der Waals surface area contributed by atoms with E-state index in [9.17, 15) is 18.4 Å². The quantitative estimate of drug-likeness (QED) is 0.718. The summed E-state index contributed by atoms with van der Waals surface area (Å²) in [5.41, 5.74) is 0.564. The van der Waals surface area contributed by atoms with Crippen molar-refractivity contribution in [2.75, 3.05) is 32.1 Å². The molecule has 0 radical (unpaired) electrons. The van der Waals surface area contributed by atoms with E-state index in [0.29, 0.717) is 5.69 Å². The van der Waals surface area contributed by atoms with Crippen LogP contribution in [-0.4, -0.2) is 55.3 Å². The van der Waals surface area contributed by atoms with Crippen molar-refractivity contribution in [1.82, 2.24) is 4.90 Å². The second-order valence-corrected chi connectivity index (χ2v) is 4.82. The molecule has 0 aromatic heterocycles. The van der Waals surface area contributed by atoms with Gasteiger partial charge < -0.3 is 24.8 Å². The highest BCUT2D eigenvalue weighted by atomic mass is 19.3. The SMILES string of the molecule is COC(=O)C1=C(Nc2ccc(OC(F)F)cc2)C(=O)N(CCO)C1. The van der Waals surface area contributed by atoms with E-state index in [1.54, 1.807) is 0 Å². The van der Waals surface area contributed by atoms with Crippen LogP contribution in [0.2, 0.25) is 0 Å². The second kappa shape index (κ2) is 7.73. The van der Waals surface area contributed by atoms with Crippen molar-refractivity contribution < 1.29 is 33.0 Å². The van der Waals surface area contributed by atoms with Crippen LogP contribution in [0, 0.1) is 0 Å². The molecule has 24 heavy (non-hydrogen) atoms. The van der Waals surface area contributed by atoms with Gasteiger partial charge in [-0.2, -0.15) is 8.78 Å². The number of methoxy groups -OCH3 is 1. The van der Waals surface area contributed by atoms with Crippen LogP contribution in [-0.2, 0) is 14.3 Å². The van der Waals surface area contributed by atoms with Crippen LogP contribution in [0.1, 0.15) is 0 Å². The number of hydrogen-bond donors (Lipinski definition) is 2. The molecule has 1 aliphatic heterocycles. The number of carbonyl (C=O) groups is 2. The Labute approximate surface area is 136 Å². The first-order valence-electron chi connectivity index (χ1n) is 6.99. The predicted molar refractivity (Wildman–Crippen MR) is 79.4 cm³/mol. The van der Waals surface area contributed by atoms with E-state index in [0.717, 1.165) is 0 Å². The molecule has 1 aromatic carbocycles. The van der Waals surface area contributed by atoms with Gasteiger partial charge in [0, 0.05) is 12.2 Å². The number of ether oxygens (including phenoxy) is 2. The molecule has 2 N–H and O–H groups in total. The van der Waals surface area contributed by atoms with Crippen molar-refractivity contribution in [3.63, 3.8) is 0 Å². The third-order valence-electron chi connectivity index (χ3n) is 3.30. The number of β-amino-alcohol motifs (C(OH)–C–C–N with tert-alkyl or cyclic N) is 1. The largest absolute Gasteiger partial charge is 0.466 e. The summed E-state index contributed by atoms with van der Waals surface area (Å²) in [7, 11) is 1.20. The first kappa shape index (κ1) is 17.7. The monoisotopic (exact) mass is 342 g/mol. The summed E-state index contributed by atoms with van der Waals surface area (Å²) in [6, 6.07) is 5.47. The lowest BCUT2D eigenvalue weighted by Crippen LogP contribution is -2.31. The fourth-order valence-corrected chi connectivity index (χ4v) is 2.21. The van der Waals surface area contributed by atoms with Crippen molar-refractivity contribution >= 4 is 17.6 Å². The smallest absolute Gasteiger partial charge is 0.387 e. The Morgan fingerprint density at radius 1 is 1.38 bits per heavy atom. The second-order valence-electron chi connectivity index (χ2n) is 4.82. The number of halogens is 2. The number of hydrogen-bond acceptors (Lipinski definition) is 6. The number of nitrogens with one attached hydrogen (secondary N) is 1. The topological polar surface area (TPSA) is 88.1 Å². The molecule has 0 spiro atoms. The number of aliphatic hydroxyl groups excluding tert-OH is 1. The number of alkyl halides is 2. The molecule has 1 heterocycles. The first-order chi connectivity index (χ1) is 11.5. The molecule has 1 aliphatic rings. The van der Waals surface area contributed by atoms with E-state index in [-0.39, 0.29) is 36.7 Å². The van der Waals surface area contributed by atoms with E-state index in [1.165, 1.54) is 36.3 Å². The summed E-state index contributed by atoms with van der Waals surface area (Å²) in [4.78, 5) is 25.4. The highest BCUT2D eigenvalue weighted by Crippen LogP contribution is 2.24. The Morgan fingerprint density at radius 3 is 2.58 bits per heavy atom. The molecular formula is C15H16F2N2O5. The van der Waals surface area contributed by atoms with Crippen LogP contribution in [0.25, 0.3) is 0 Å². The fourth-order valence-electron chi connectivity index (χ4n) is 2.21. The highest BCUT2D eigenvalue weighted by molar-refractivity contribution is 6.08. The minimum atomic E-state index is -2.93. The van der Waals surface area contributed by atoms with Crippen molar-refractivity contribution in [2.24, 2.45) is 0 Å². The van der Waals surface area contributed by atoms with Gasteiger partial charge in [0.1, 0.15) is 11.4 Å². The van der Waals surface area contributed by atoms with Gasteiger partial charge in [0.2, 0.25) is 0 Å². The molecule has 130 valence electrons. The van der Waals surface area contributed by atoms with Crippen LogP contribution in [0.4, 0.5) is 14.5 Å². The van der Waals surface area contributed by atoms with E-state index < -0.39 is 18.5 Å². The molecule has 0 atom stereocenters. The summed E-state index contributed by atoms with van der Waals surface area (Å²) < 4.78 is 33.1. The van der Waals surface area contributed by atoms with Gasteiger partial charge in [-0.05, 0) is 24.3 Å². The molecule has 0 saturated carbocycles. The number of rotatable bonds is 7. The molecule has 9 heteroatoms. The maximum Gasteiger partial charge on any atom is 0.387 e. The van der Waals surface area contributed by atoms with E-state index >= 15 is 0 Å². The Kier molecular flexibility index (Phi) is 5.69. The average molecular weight is 342 g/mol. The lowest BCUT2D eigenvalue weighted by molar-refractivity contribution is -0.136. The number of anilines is 1. The van der Waals surface area contributed by atoms with Crippen molar-refractivity contribution in [3.05, 3.63) is 35.5 Å². The predicted octanol–water partition coefficient (Wildman–Crippen LogP) is 0.961. The van der Waals surface area contributed by atoms with Crippen LogP contribution in [0.15, 0.2) is 35.5 Å². The molecule has 2 rings (SSSR count). The maximum atomic E-state index is 12.3. The van der Waals surface area contributed by atoms with Crippen LogP contribution < -0.4 is 10.1 Å². The standard InChI is InChI=1S/C15H16F2N2O5/c1-23-14(22)11-8-19(6-7-20)13(21)12(11)18-9-2-4-10(5-3-9)24-15(16)17/h2-5,15,18,20H,6-8H2,1H3. The molecule has 1 aromatic rings. The van der Waals surface area contributed by atoms with E-state index in [2.05, 4.69) is 14.8 Å². The van der Waals surface area contributed by atoms with Crippen LogP contribution in [0.5, 0.6) is 5.75 Å². The average Bonchev–Trinajstić information content (AvgIpc) is 2.85. The van der Waals surface area contributed by atoms with Gasteiger partial charge in [0.15, 0.2) is 0 Å². The number of benzene rings is 1. The molecule has 0 fully saturated rings. The first-order valence-corrected chi connectivity index (χ1v) is 6.99. The Hall–Kier alpha value is -2.68. The van der Waals surface area contributed by atoms with Gasteiger partial charge in [0.05, 0.1) is 25.8 Å². The summed E-state index contributed by atoms with van der Waals surface area (Å²) in [5.74, 6) is -1.15. The molecule has 1 amide bonds. The molecule has 0 unspecified atom stereocenters. The maximum absolute atomic E-state index is 12.3. The van der Waals surface area contributed by atoms with Crippen LogP contribution in [0.3, 0.4) is 0 Å². The zero-order valence-corrected chi connectivity index (χ0v) is 12.8. The highest BCUT2D eigenvalue weighted by Gasteiger charge is 2.34. The van der Waals surface area contributed by atoms with Gasteiger partial charge >= 0.3 is 12.6 Å². The Morgan fingerprint density at radius 2 is 2.04 bits per heavy atom. The molecule has 0 aliphatic carbocycles. The minimum Gasteiger partial charge on any atom is -0.466 e. The van der Waals surface area contributed by atoms with Gasteiger partial charge in [-0.1, -0.05) is 0 Å². The van der Waals surface area contributed by atoms with E-state index in [1.807, 2.05) is 0 Å². The zero-order chi connectivity index (χ0) is 17.7. The lowest BCUT2D eigenvalue weighted by Gasteiger charge is -2.15. The number of amides is 1. The normalized spacial score (nSPS) is 14.4. The van der Waals surface area contributed by atoms with E-state index in [4.69, 9.17) is 5.11 Å². The molecule has 0 saturated heterocycles. The summed E-state index contributed by atoms with van der Waals surface area (Å²) >= 11 is 0. The van der Waals surface area contributed by atoms with Gasteiger partial charge in [-0.3, -0.25) is 4.79 Å². The Bertz CT molecular complexity index is 646. The van der Waals surface area contributed by atoms with Crippen LogP contribution >= 0.6 is 0 Å². The number of nitrogens with zero attached hydrogens (tertiary/aromatic N) is 1. The van der Waals surface area contributed by atoms with Gasteiger partial charge in [0.25, 0.3) is 5.91 Å². The molecular weight excluding hydrogens is 326 g/mol. The van der Waals surface area contributed by atoms with Gasteiger partial charge in [-0.25, -0.2) is 4.79 Å². The lowest BCUT2D eigenvalue weighted by atomic mass is 10.2. The van der Waals surface area contributed by atoms with Crippen molar-refractivity contribution in [1.29, 1.82) is 0 Å². The fraction of sp³-hybridized carbons (Fsp3) is 0.333. The van der Waals surface area contributed by atoms with Gasteiger partial charge in [-0.15, -0.1) is 0 Å². The number of carbonyl (C=O) groups excluding carboxylic acids is 2. The Balaban J connectivity index is 2.20. The molecule has 0 bridgehead atoms. The third-order valence-corrected chi connectivity index (χ3v) is 3.30. The summed E-state index contributed by atoms with van der Waals surface area (Å²) in [6.45, 7) is -3.08. The number of esters is 1. The summed E-state index contributed by atoms with van der Waals surface area (Å²) in [6.07, 6.45) is 0. The number of aliphatic hydroxyl groups is 1. The molecule has 7 nitrogen and oxygen atoms in total. The summed E-state index contributed by atoms with van der Waals surface area (Å²) in [5, 5.41) is 11.8. The minimum absolute atomic E-state index is 0.0149. The van der Waals surface area contributed by atoms with Crippen molar-refractivity contribution in [2.45, 2.75) is 6.61 Å².